The van der Waals surface area contributed by atoms with E-state index >= 15 is 0 Å². The number of nitrogens with one attached hydrogen (secondary N) is 1. The van der Waals surface area contributed by atoms with Gasteiger partial charge in [0.2, 0.25) is 0 Å². The van der Waals surface area contributed by atoms with Gasteiger partial charge in [0.1, 0.15) is 6.07 Å². The van der Waals surface area contributed by atoms with E-state index in [1.807, 2.05) is 6.07 Å². The lowest BCUT2D eigenvalue weighted by atomic mass is 10.0. The van der Waals surface area contributed by atoms with Crippen LogP contribution in [0.4, 0.5) is 5.69 Å². The second-order valence-electron chi connectivity index (χ2n) is 8.30. The van der Waals surface area contributed by atoms with Crippen molar-refractivity contribution in [2.24, 2.45) is 0 Å². The highest BCUT2D eigenvalue weighted by atomic mass is 16.6. The van der Waals surface area contributed by atoms with Crippen molar-refractivity contribution in [3.05, 3.63) is 73.8 Å². The molecule has 2 aromatic heterocycles. The van der Waals surface area contributed by atoms with Crippen LogP contribution in [0, 0.1) is 28.4 Å². The second kappa shape index (κ2) is 9.85. The maximum atomic E-state index is 12.4. The van der Waals surface area contributed by atoms with Gasteiger partial charge in [0.15, 0.2) is 5.65 Å². The summed E-state index contributed by atoms with van der Waals surface area (Å²) in [5.74, 6) is 0. The predicted molar refractivity (Wildman–Crippen MR) is 123 cm³/mol. The zero-order valence-corrected chi connectivity index (χ0v) is 18.4. The van der Waals surface area contributed by atoms with Crippen LogP contribution in [-0.2, 0) is 13.1 Å². The van der Waals surface area contributed by atoms with Gasteiger partial charge in [-0.15, -0.1) is 0 Å². The molecule has 1 aliphatic rings. The van der Waals surface area contributed by atoms with Crippen LogP contribution in [0.1, 0.15) is 29.5 Å². The van der Waals surface area contributed by atoms with E-state index in [1.165, 1.54) is 12.4 Å². The molecule has 4 rings (SSSR count). The SMILES string of the molecule is Cc1ccc(CNC2CCN(CCn3c(=O)cnc4ncc(C#N)cc43)CC2)cc1[N+](=O)[O-]. The molecule has 0 radical (unpaired) electrons. The number of rotatable bonds is 7. The summed E-state index contributed by atoms with van der Waals surface area (Å²) in [7, 11) is 0. The Labute approximate surface area is 190 Å². The van der Waals surface area contributed by atoms with E-state index < -0.39 is 0 Å². The zero-order valence-electron chi connectivity index (χ0n) is 18.4. The van der Waals surface area contributed by atoms with Gasteiger partial charge in [-0.1, -0.05) is 12.1 Å². The Bertz CT molecular complexity index is 1270. The van der Waals surface area contributed by atoms with Gasteiger partial charge in [-0.25, -0.2) is 9.97 Å². The van der Waals surface area contributed by atoms with Crippen LogP contribution in [0.3, 0.4) is 0 Å². The molecule has 0 amide bonds. The van der Waals surface area contributed by atoms with E-state index in [0.717, 1.165) is 31.5 Å². The average Bonchev–Trinajstić information content (AvgIpc) is 2.83. The second-order valence-corrected chi connectivity index (χ2v) is 8.30. The molecule has 3 aromatic rings. The Hall–Kier alpha value is -3.68. The van der Waals surface area contributed by atoms with Gasteiger partial charge >= 0.3 is 0 Å². The standard InChI is InChI=1S/C23H25N7O3/c1-16-2-3-17(10-20(16)30(32)33)13-25-19-4-6-28(7-5-19)8-9-29-21-11-18(12-24)14-26-23(21)27-15-22(29)31/h2-3,10-11,14-15,19,25H,4-9,13H2,1H3. The van der Waals surface area contributed by atoms with Gasteiger partial charge in [-0.05, 0) is 44.5 Å². The molecule has 1 saturated heterocycles. The summed E-state index contributed by atoms with van der Waals surface area (Å²) in [6, 6.07) is 9.40. The van der Waals surface area contributed by atoms with Crippen molar-refractivity contribution in [1.29, 1.82) is 5.26 Å². The molecule has 1 aromatic carbocycles. The third-order valence-electron chi connectivity index (χ3n) is 6.12. The van der Waals surface area contributed by atoms with Crippen LogP contribution in [0.5, 0.6) is 0 Å². The van der Waals surface area contributed by atoms with Gasteiger partial charge in [0.05, 0.1) is 22.2 Å². The topological polar surface area (TPSA) is 130 Å². The maximum Gasteiger partial charge on any atom is 0.272 e. The van der Waals surface area contributed by atoms with Gasteiger partial charge in [-0.3, -0.25) is 14.9 Å². The molecule has 0 unspecified atom stereocenters. The van der Waals surface area contributed by atoms with Crippen molar-refractivity contribution < 1.29 is 4.92 Å². The lowest BCUT2D eigenvalue weighted by Gasteiger charge is -2.32. The molecule has 1 aliphatic heterocycles. The van der Waals surface area contributed by atoms with Crippen LogP contribution in [0.2, 0.25) is 0 Å². The first kappa shape index (κ1) is 22.5. The first-order chi connectivity index (χ1) is 15.9. The third kappa shape index (κ3) is 5.22. The first-order valence-electron chi connectivity index (χ1n) is 10.9. The number of nitro groups is 1. The molecule has 0 atom stereocenters. The van der Waals surface area contributed by atoms with Crippen LogP contribution >= 0.6 is 0 Å². The number of fused-ring (bicyclic) bond motifs is 1. The molecule has 1 fully saturated rings. The number of nitro benzene ring substituents is 1. The van der Waals surface area contributed by atoms with Crippen molar-refractivity contribution in [3.8, 4) is 6.07 Å². The first-order valence-corrected chi connectivity index (χ1v) is 10.9. The van der Waals surface area contributed by atoms with E-state index in [4.69, 9.17) is 5.26 Å². The Morgan fingerprint density at radius 1 is 1.21 bits per heavy atom. The van der Waals surface area contributed by atoms with Crippen LogP contribution in [-0.4, -0.2) is 50.0 Å². The van der Waals surface area contributed by atoms with Crippen molar-refractivity contribution in [2.75, 3.05) is 19.6 Å². The number of piperidine rings is 1. The summed E-state index contributed by atoms with van der Waals surface area (Å²) < 4.78 is 1.63. The van der Waals surface area contributed by atoms with E-state index in [1.54, 1.807) is 29.7 Å². The van der Waals surface area contributed by atoms with Crippen molar-refractivity contribution in [2.45, 2.75) is 38.9 Å². The molecule has 0 spiro atoms. The number of pyridine rings is 1. The highest BCUT2D eigenvalue weighted by Crippen LogP contribution is 2.20. The predicted octanol–water partition coefficient (Wildman–Crippen LogP) is 2.13. The molecule has 1 N–H and O–H groups in total. The van der Waals surface area contributed by atoms with Gasteiger partial charge in [0.25, 0.3) is 11.2 Å². The molecule has 170 valence electrons. The van der Waals surface area contributed by atoms with Crippen LogP contribution < -0.4 is 10.9 Å². The van der Waals surface area contributed by atoms with Crippen LogP contribution in [0.15, 0.2) is 41.5 Å². The molecule has 10 heteroatoms. The Balaban J connectivity index is 1.31. The summed E-state index contributed by atoms with van der Waals surface area (Å²) in [6.45, 7) is 5.34. The molecular formula is C23H25N7O3. The fourth-order valence-electron chi connectivity index (χ4n) is 4.17. The summed E-state index contributed by atoms with van der Waals surface area (Å²) in [6.07, 6.45) is 4.64. The Morgan fingerprint density at radius 3 is 2.70 bits per heavy atom. The highest BCUT2D eigenvalue weighted by molar-refractivity contribution is 5.71. The quantitative estimate of drug-likeness (QED) is 0.431. The lowest BCUT2D eigenvalue weighted by Crippen LogP contribution is -2.43. The number of likely N-dealkylation sites (tertiary alicyclic amines) is 1. The Kier molecular flexibility index (Phi) is 6.72. The minimum Gasteiger partial charge on any atom is -0.310 e. The number of aromatic nitrogens is 3. The number of hydrogen-bond acceptors (Lipinski definition) is 8. The molecule has 10 nitrogen and oxygen atoms in total. The zero-order chi connectivity index (χ0) is 23.4. The molecule has 0 saturated carbocycles. The monoisotopic (exact) mass is 447 g/mol. The summed E-state index contributed by atoms with van der Waals surface area (Å²) in [5, 5.41) is 23.8. The van der Waals surface area contributed by atoms with E-state index in [0.29, 0.717) is 48.0 Å². The maximum absolute atomic E-state index is 12.4. The van der Waals surface area contributed by atoms with Gasteiger partial charge in [0, 0.05) is 43.5 Å². The minimum absolute atomic E-state index is 0.153. The molecular weight excluding hydrogens is 422 g/mol. The molecule has 0 aliphatic carbocycles. The van der Waals surface area contributed by atoms with Crippen molar-refractivity contribution in [1.82, 2.24) is 24.8 Å². The van der Waals surface area contributed by atoms with E-state index in [-0.39, 0.29) is 16.2 Å². The summed E-state index contributed by atoms with van der Waals surface area (Å²) in [4.78, 5) is 33.7. The summed E-state index contributed by atoms with van der Waals surface area (Å²) >= 11 is 0. The number of aryl methyl sites for hydroxylation is 1. The van der Waals surface area contributed by atoms with Crippen molar-refractivity contribution in [3.63, 3.8) is 0 Å². The number of nitriles is 1. The average molecular weight is 447 g/mol. The van der Waals surface area contributed by atoms with E-state index in [9.17, 15) is 14.9 Å². The number of hydrogen-bond donors (Lipinski definition) is 1. The minimum atomic E-state index is -0.341. The highest BCUT2D eigenvalue weighted by Gasteiger charge is 2.20. The number of benzene rings is 1. The summed E-state index contributed by atoms with van der Waals surface area (Å²) in [5.41, 5.74) is 2.94. The largest absolute Gasteiger partial charge is 0.310 e. The molecule has 3 heterocycles. The molecule has 33 heavy (non-hydrogen) atoms. The van der Waals surface area contributed by atoms with Gasteiger partial charge in [-0.2, -0.15) is 5.26 Å². The lowest BCUT2D eigenvalue weighted by molar-refractivity contribution is -0.385. The normalized spacial score (nSPS) is 14.9. The fourth-order valence-corrected chi connectivity index (χ4v) is 4.17. The molecule has 0 bridgehead atoms. The van der Waals surface area contributed by atoms with Crippen molar-refractivity contribution >= 4 is 16.9 Å². The smallest absolute Gasteiger partial charge is 0.272 e. The fraction of sp³-hybridized carbons (Fsp3) is 0.391. The van der Waals surface area contributed by atoms with Crippen LogP contribution in [0.25, 0.3) is 11.2 Å². The third-order valence-corrected chi connectivity index (χ3v) is 6.12. The van der Waals surface area contributed by atoms with Gasteiger partial charge < -0.3 is 14.8 Å². The Morgan fingerprint density at radius 2 is 1.97 bits per heavy atom. The van der Waals surface area contributed by atoms with E-state index in [2.05, 4.69) is 26.3 Å². The number of nitrogens with zero attached hydrogens (tertiary/aromatic N) is 6.